The van der Waals surface area contributed by atoms with Gasteiger partial charge in [-0.15, -0.1) is 0 Å². The van der Waals surface area contributed by atoms with Gasteiger partial charge in [0, 0.05) is 6.42 Å². The molecule has 1 aliphatic rings. The molecule has 0 aromatic rings. The zero-order valence-corrected chi connectivity index (χ0v) is 56.9. The molecular formula is C76H141NO10. The second-order valence-corrected chi connectivity index (χ2v) is 26.0. The summed E-state index contributed by atoms with van der Waals surface area (Å²) in [7, 11) is 0. The van der Waals surface area contributed by atoms with E-state index >= 15 is 0 Å². The van der Waals surface area contributed by atoms with E-state index in [9.17, 15) is 35.1 Å². The fraction of sp³-hybridized carbons (Fsp3) is 0.868. The molecule has 0 aromatic heterocycles. The van der Waals surface area contributed by atoms with Gasteiger partial charge in [-0.1, -0.05) is 339 Å². The SMILES string of the molecule is CCCCC/C=C\C/C=C\C/C=C\CCCCCCCCCCCC(O)C(=O)NC(COC1OC(CO)C(O)C(O)C1OC(=O)CCCCCCCCCCCCCCCCCCCCCCCCCCC)C(O)/C=C/CCCCCCCCCCC. The first-order valence-corrected chi connectivity index (χ1v) is 37.4. The summed E-state index contributed by atoms with van der Waals surface area (Å²) in [4.78, 5) is 26.7. The Morgan fingerprint density at radius 3 is 1.21 bits per heavy atom. The second-order valence-electron chi connectivity index (χ2n) is 26.0. The summed E-state index contributed by atoms with van der Waals surface area (Å²) in [5.41, 5.74) is 0. The fourth-order valence-electron chi connectivity index (χ4n) is 11.8. The van der Waals surface area contributed by atoms with Crippen LogP contribution in [-0.2, 0) is 23.8 Å². The van der Waals surface area contributed by atoms with Gasteiger partial charge in [-0.2, -0.15) is 0 Å². The fourth-order valence-corrected chi connectivity index (χ4v) is 11.8. The van der Waals surface area contributed by atoms with Gasteiger partial charge in [0.15, 0.2) is 12.4 Å². The maximum Gasteiger partial charge on any atom is 0.306 e. The summed E-state index contributed by atoms with van der Waals surface area (Å²) >= 11 is 0. The van der Waals surface area contributed by atoms with Crippen LogP contribution in [0.4, 0.5) is 0 Å². The van der Waals surface area contributed by atoms with Crippen LogP contribution in [0.2, 0.25) is 0 Å². The number of aliphatic hydroxyl groups is 5. The highest BCUT2D eigenvalue weighted by Gasteiger charge is 2.47. The van der Waals surface area contributed by atoms with Crippen molar-refractivity contribution in [1.29, 1.82) is 0 Å². The van der Waals surface area contributed by atoms with Crippen LogP contribution in [0.15, 0.2) is 48.6 Å². The predicted octanol–water partition coefficient (Wildman–Crippen LogP) is 19.5. The first-order valence-electron chi connectivity index (χ1n) is 37.4. The highest BCUT2D eigenvalue weighted by Crippen LogP contribution is 2.27. The number of carbonyl (C=O) groups excluding carboxylic acids is 2. The molecule has 11 heteroatoms. The third-order valence-corrected chi connectivity index (χ3v) is 17.7. The number of amides is 1. The second kappa shape index (κ2) is 63.8. The maximum atomic E-state index is 13.5. The van der Waals surface area contributed by atoms with E-state index in [4.69, 9.17) is 14.2 Å². The van der Waals surface area contributed by atoms with Crippen LogP contribution < -0.4 is 5.32 Å². The quantitative estimate of drug-likeness (QED) is 0.0195. The van der Waals surface area contributed by atoms with E-state index in [0.717, 1.165) is 77.0 Å². The number of aliphatic hydroxyl groups excluding tert-OH is 5. The normalized spacial score (nSPS) is 18.5. The van der Waals surface area contributed by atoms with E-state index in [-0.39, 0.29) is 19.4 Å². The highest BCUT2D eigenvalue weighted by atomic mass is 16.7. The molecule has 0 aromatic carbocycles. The summed E-state index contributed by atoms with van der Waals surface area (Å²) in [5, 5.41) is 57.3. The van der Waals surface area contributed by atoms with E-state index in [1.165, 1.54) is 238 Å². The number of unbranched alkanes of at least 4 members (excludes halogenated alkanes) is 45. The monoisotopic (exact) mass is 1230 g/mol. The number of allylic oxidation sites excluding steroid dienone is 7. The molecule has 8 atom stereocenters. The van der Waals surface area contributed by atoms with E-state index in [2.05, 4.69) is 62.5 Å². The van der Waals surface area contributed by atoms with Gasteiger partial charge in [0.05, 0.1) is 25.4 Å². The number of nitrogens with one attached hydrogen (secondary N) is 1. The Balaban J connectivity index is 2.51. The summed E-state index contributed by atoms with van der Waals surface area (Å²) < 4.78 is 17.7. The van der Waals surface area contributed by atoms with Gasteiger partial charge in [0.25, 0.3) is 0 Å². The molecular weight excluding hydrogens is 1090 g/mol. The van der Waals surface area contributed by atoms with Gasteiger partial charge in [0.1, 0.15) is 24.4 Å². The number of hydrogen-bond donors (Lipinski definition) is 6. The molecule has 0 bridgehead atoms. The number of rotatable bonds is 65. The van der Waals surface area contributed by atoms with Crippen LogP contribution in [-0.4, -0.2) is 99.6 Å². The van der Waals surface area contributed by atoms with Gasteiger partial charge in [-0.3, -0.25) is 9.59 Å². The van der Waals surface area contributed by atoms with E-state index in [0.29, 0.717) is 12.8 Å². The van der Waals surface area contributed by atoms with Crippen molar-refractivity contribution in [3.05, 3.63) is 48.6 Å². The third-order valence-electron chi connectivity index (χ3n) is 17.7. The van der Waals surface area contributed by atoms with Crippen molar-refractivity contribution >= 4 is 11.9 Å². The number of ether oxygens (including phenoxy) is 3. The van der Waals surface area contributed by atoms with Crippen LogP contribution in [0.1, 0.15) is 361 Å². The Labute approximate surface area is 536 Å². The van der Waals surface area contributed by atoms with Crippen molar-refractivity contribution < 1.29 is 49.3 Å². The lowest BCUT2D eigenvalue weighted by Gasteiger charge is -2.41. The molecule has 0 aliphatic carbocycles. The molecule has 11 nitrogen and oxygen atoms in total. The van der Waals surface area contributed by atoms with Gasteiger partial charge in [-0.05, 0) is 64.2 Å². The van der Waals surface area contributed by atoms with Crippen molar-refractivity contribution in [2.24, 2.45) is 0 Å². The Hall–Kier alpha value is -2.38. The molecule has 1 fully saturated rings. The number of hydrogen-bond acceptors (Lipinski definition) is 10. The maximum absolute atomic E-state index is 13.5. The summed E-state index contributed by atoms with van der Waals surface area (Å²) in [6.45, 7) is 5.81. The molecule has 0 saturated carbocycles. The minimum Gasteiger partial charge on any atom is -0.454 e. The number of esters is 1. The molecule has 1 saturated heterocycles. The van der Waals surface area contributed by atoms with Gasteiger partial charge < -0.3 is 45.1 Å². The van der Waals surface area contributed by atoms with Crippen molar-refractivity contribution in [3.63, 3.8) is 0 Å². The van der Waals surface area contributed by atoms with E-state index in [1.807, 2.05) is 6.08 Å². The van der Waals surface area contributed by atoms with Crippen LogP contribution in [0.3, 0.4) is 0 Å². The number of carbonyl (C=O) groups is 2. The van der Waals surface area contributed by atoms with Crippen molar-refractivity contribution in [2.75, 3.05) is 13.2 Å². The lowest BCUT2D eigenvalue weighted by Crippen LogP contribution is -2.61. The molecule has 1 amide bonds. The Bertz CT molecular complexity index is 1600. The van der Waals surface area contributed by atoms with Crippen LogP contribution in [0.5, 0.6) is 0 Å². The third kappa shape index (κ3) is 50.9. The largest absolute Gasteiger partial charge is 0.454 e. The summed E-state index contributed by atoms with van der Waals surface area (Å²) in [6, 6.07) is -1.03. The van der Waals surface area contributed by atoms with Crippen molar-refractivity contribution in [1.82, 2.24) is 5.32 Å². The average molecular weight is 1230 g/mol. The molecule has 0 radical (unpaired) electrons. The summed E-state index contributed by atoms with van der Waals surface area (Å²) in [5.74, 6) is -1.18. The molecule has 510 valence electrons. The van der Waals surface area contributed by atoms with Crippen molar-refractivity contribution in [2.45, 2.75) is 410 Å². The molecule has 1 heterocycles. The van der Waals surface area contributed by atoms with Crippen LogP contribution >= 0.6 is 0 Å². The van der Waals surface area contributed by atoms with Crippen molar-refractivity contribution in [3.8, 4) is 0 Å². The topological polar surface area (TPSA) is 175 Å². The Kier molecular flexibility index (Phi) is 60.6. The highest BCUT2D eigenvalue weighted by molar-refractivity contribution is 5.80. The predicted molar refractivity (Wildman–Crippen MR) is 366 cm³/mol. The molecule has 8 unspecified atom stereocenters. The average Bonchev–Trinajstić information content (AvgIpc) is 1.30. The van der Waals surface area contributed by atoms with E-state index < -0.39 is 67.4 Å². The van der Waals surface area contributed by atoms with Gasteiger partial charge in [0.2, 0.25) is 5.91 Å². The molecule has 87 heavy (non-hydrogen) atoms. The minimum atomic E-state index is -1.61. The molecule has 1 rings (SSSR count). The Morgan fingerprint density at radius 2 is 0.793 bits per heavy atom. The molecule has 1 aliphatic heterocycles. The summed E-state index contributed by atoms with van der Waals surface area (Å²) in [6.07, 6.45) is 70.2. The van der Waals surface area contributed by atoms with Crippen LogP contribution in [0, 0.1) is 0 Å². The van der Waals surface area contributed by atoms with Gasteiger partial charge in [-0.25, -0.2) is 0 Å². The minimum absolute atomic E-state index is 0.128. The molecule has 0 spiro atoms. The smallest absolute Gasteiger partial charge is 0.306 e. The van der Waals surface area contributed by atoms with Gasteiger partial charge >= 0.3 is 5.97 Å². The lowest BCUT2D eigenvalue weighted by molar-refractivity contribution is -0.305. The first-order chi connectivity index (χ1) is 42.7. The zero-order valence-electron chi connectivity index (χ0n) is 56.9. The lowest BCUT2D eigenvalue weighted by atomic mass is 9.99. The van der Waals surface area contributed by atoms with E-state index in [1.54, 1.807) is 6.08 Å². The molecule has 6 N–H and O–H groups in total. The zero-order chi connectivity index (χ0) is 63.1. The standard InChI is InChI=1S/C76H141NO10/c1-4-7-10-13-16-19-22-24-26-28-30-32-34-35-36-38-40-42-44-46-49-52-55-58-61-64-71(81)87-74-73(83)72(82)70(65-78)86-76(74)85-66-67(68(79)62-59-56-53-50-47-21-18-15-12-9-6-3)77-75(84)69(80)63-60-57-54-51-48-45-43-41-39-37-33-31-29-27-25-23-20-17-14-11-8-5-2/h17,20,25,27,31,33,59,62,67-70,72-74,76,78-80,82-83H,4-16,18-19,21-24,26,28-30,32,34-58,60-61,63-66H2,1-3H3,(H,77,84)/b20-17-,27-25-,33-31-,62-59+. The van der Waals surface area contributed by atoms with Crippen LogP contribution in [0.25, 0.3) is 0 Å². The Morgan fingerprint density at radius 1 is 0.448 bits per heavy atom. The first kappa shape index (κ1) is 82.6.